The number of nitrogens with zero attached hydrogens (tertiary/aromatic N) is 2. The Morgan fingerprint density at radius 3 is 2.29 bits per heavy atom. The van der Waals surface area contributed by atoms with E-state index in [-0.39, 0.29) is 0 Å². The van der Waals surface area contributed by atoms with Crippen molar-refractivity contribution in [3.05, 3.63) is 0 Å². The van der Waals surface area contributed by atoms with E-state index in [9.17, 15) is 13.2 Å². The summed E-state index contributed by atoms with van der Waals surface area (Å²) in [5, 5.41) is 3.73. The van der Waals surface area contributed by atoms with Crippen molar-refractivity contribution < 1.29 is 13.2 Å². The second-order valence-corrected chi connectivity index (χ2v) is 4.50. The summed E-state index contributed by atoms with van der Waals surface area (Å²) in [5.41, 5.74) is 0. The molecule has 0 radical (unpaired) electrons. The molecular weight excluding hydrogens is 251 g/mol. The highest BCUT2D eigenvalue weighted by molar-refractivity contribution is 7.80. The van der Waals surface area contributed by atoms with Crippen molar-refractivity contribution in [1.29, 1.82) is 0 Å². The molecule has 7 heteroatoms. The Labute approximate surface area is 105 Å². The summed E-state index contributed by atoms with van der Waals surface area (Å²) < 4.78 is 36.5. The summed E-state index contributed by atoms with van der Waals surface area (Å²) in [5.74, 6) is 0. The molecule has 0 amide bonds. The Bertz CT molecular complexity index is 250. The average molecular weight is 269 g/mol. The zero-order chi connectivity index (χ0) is 12.9. The van der Waals surface area contributed by atoms with Crippen LogP contribution in [0.1, 0.15) is 13.3 Å². The second kappa shape index (κ2) is 6.39. The first kappa shape index (κ1) is 14.5. The molecule has 1 aliphatic rings. The highest BCUT2D eigenvalue weighted by Crippen LogP contribution is 2.17. The van der Waals surface area contributed by atoms with Crippen molar-refractivity contribution in [3.63, 3.8) is 0 Å². The lowest BCUT2D eigenvalue weighted by atomic mass is 10.3. The summed E-state index contributed by atoms with van der Waals surface area (Å²) in [4.78, 5) is 3.34. The van der Waals surface area contributed by atoms with E-state index in [1.807, 2.05) is 11.8 Å². The Morgan fingerprint density at radius 1 is 1.24 bits per heavy atom. The number of alkyl halides is 3. The summed E-state index contributed by atoms with van der Waals surface area (Å²) in [7, 11) is 0. The third kappa shape index (κ3) is 5.54. The summed E-state index contributed by atoms with van der Waals surface area (Å²) >= 11 is 5.16. The normalized spacial score (nSPS) is 18.2. The summed E-state index contributed by atoms with van der Waals surface area (Å²) in [6, 6.07) is 0. The Kier molecular flexibility index (Phi) is 5.45. The van der Waals surface area contributed by atoms with Gasteiger partial charge in [-0.3, -0.25) is 4.90 Å². The fourth-order valence-corrected chi connectivity index (χ4v) is 1.99. The van der Waals surface area contributed by atoms with E-state index < -0.39 is 12.7 Å². The minimum Gasteiger partial charge on any atom is -0.363 e. The van der Waals surface area contributed by atoms with Crippen LogP contribution in [0.4, 0.5) is 13.2 Å². The van der Waals surface area contributed by atoms with E-state index >= 15 is 0 Å². The maximum absolute atomic E-state index is 12.2. The van der Waals surface area contributed by atoms with E-state index in [1.165, 1.54) is 4.90 Å². The largest absolute Gasteiger partial charge is 0.401 e. The predicted molar refractivity (Wildman–Crippen MR) is 65.0 cm³/mol. The van der Waals surface area contributed by atoms with Crippen LogP contribution in [0.15, 0.2) is 0 Å². The third-order valence-corrected chi connectivity index (χ3v) is 2.99. The van der Waals surface area contributed by atoms with Crippen molar-refractivity contribution in [2.24, 2.45) is 0 Å². The highest BCUT2D eigenvalue weighted by Gasteiger charge is 2.32. The lowest BCUT2D eigenvalue weighted by Crippen LogP contribution is -2.53. The van der Waals surface area contributed by atoms with Crippen LogP contribution < -0.4 is 5.32 Å². The molecule has 1 N–H and O–H groups in total. The molecular formula is C10H18F3N3S. The molecule has 0 bridgehead atoms. The lowest BCUT2D eigenvalue weighted by Gasteiger charge is -2.36. The van der Waals surface area contributed by atoms with Gasteiger partial charge in [-0.25, -0.2) is 0 Å². The van der Waals surface area contributed by atoms with Gasteiger partial charge in [-0.05, 0) is 18.6 Å². The van der Waals surface area contributed by atoms with Crippen molar-refractivity contribution >= 4 is 17.3 Å². The lowest BCUT2D eigenvalue weighted by molar-refractivity contribution is -0.148. The number of thiocarbonyl (C=S) groups is 1. The maximum Gasteiger partial charge on any atom is 0.401 e. The van der Waals surface area contributed by atoms with Crippen LogP contribution in [-0.4, -0.2) is 60.4 Å². The third-order valence-electron chi connectivity index (χ3n) is 2.59. The number of halogens is 3. The van der Waals surface area contributed by atoms with Gasteiger partial charge in [0.05, 0.1) is 6.54 Å². The maximum atomic E-state index is 12.2. The Hall–Kier alpha value is -0.560. The van der Waals surface area contributed by atoms with Gasteiger partial charge in [-0.1, -0.05) is 6.92 Å². The molecule has 0 saturated carbocycles. The number of nitrogens with one attached hydrogen (secondary N) is 1. The predicted octanol–water partition coefficient (Wildman–Crippen LogP) is 1.45. The number of hydrogen-bond donors (Lipinski definition) is 1. The monoisotopic (exact) mass is 269 g/mol. The quantitative estimate of drug-likeness (QED) is 0.781. The molecule has 1 heterocycles. The van der Waals surface area contributed by atoms with Crippen LogP contribution >= 0.6 is 12.2 Å². The van der Waals surface area contributed by atoms with Crippen LogP contribution in [0.3, 0.4) is 0 Å². The zero-order valence-electron chi connectivity index (χ0n) is 9.89. The van der Waals surface area contributed by atoms with E-state index in [0.29, 0.717) is 31.3 Å². The molecule has 1 saturated heterocycles. The van der Waals surface area contributed by atoms with Gasteiger partial charge in [0.25, 0.3) is 0 Å². The van der Waals surface area contributed by atoms with E-state index in [1.54, 1.807) is 0 Å². The Balaban J connectivity index is 2.28. The molecule has 100 valence electrons. The van der Waals surface area contributed by atoms with Gasteiger partial charge in [-0.2, -0.15) is 13.2 Å². The zero-order valence-corrected chi connectivity index (χ0v) is 10.7. The molecule has 1 aliphatic heterocycles. The van der Waals surface area contributed by atoms with Crippen LogP contribution in [0, 0.1) is 0 Å². The van der Waals surface area contributed by atoms with Gasteiger partial charge in [0.2, 0.25) is 0 Å². The average Bonchev–Trinajstić information content (AvgIpc) is 2.24. The molecule has 17 heavy (non-hydrogen) atoms. The minimum atomic E-state index is -4.11. The van der Waals surface area contributed by atoms with Gasteiger partial charge in [0.15, 0.2) is 5.11 Å². The van der Waals surface area contributed by atoms with Gasteiger partial charge < -0.3 is 10.2 Å². The highest BCUT2D eigenvalue weighted by atomic mass is 32.1. The van der Waals surface area contributed by atoms with E-state index in [0.717, 1.165) is 13.0 Å². The van der Waals surface area contributed by atoms with E-state index in [4.69, 9.17) is 12.2 Å². The molecule has 1 fully saturated rings. The standard InChI is InChI=1S/C10H18F3N3S/c1-2-3-14-9(17)16-6-4-15(5-7-16)8-10(11,12)13/h2-8H2,1H3,(H,14,17). The smallest absolute Gasteiger partial charge is 0.363 e. The van der Waals surface area contributed by atoms with Crippen molar-refractivity contribution in [1.82, 2.24) is 15.1 Å². The SMILES string of the molecule is CCCNC(=S)N1CCN(CC(F)(F)F)CC1. The first-order valence-corrected chi connectivity index (χ1v) is 6.15. The molecule has 0 aliphatic carbocycles. The molecule has 0 spiro atoms. The van der Waals surface area contributed by atoms with Gasteiger partial charge in [0, 0.05) is 32.7 Å². The van der Waals surface area contributed by atoms with Gasteiger partial charge >= 0.3 is 6.18 Å². The molecule has 0 atom stereocenters. The molecule has 1 rings (SSSR count). The van der Waals surface area contributed by atoms with Gasteiger partial charge in [-0.15, -0.1) is 0 Å². The summed E-state index contributed by atoms with van der Waals surface area (Å²) in [6.45, 7) is 3.96. The fraction of sp³-hybridized carbons (Fsp3) is 0.900. The van der Waals surface area contributed by atoms with Crippen LogP contribution in [0.2, 0.25) is 0 Å². The van der Waals surface area contributed by atoms with Crippen molar-refractivity contribution in [2.45, 2.75) is 19.5 Å². The molecule has 0 aromatic heterocycles. The topological polar surface area (TPSA) is 18.5 Å². The van der Waals surface area contributed by atoms with Crippen molar-refractivity contribution in [2.75, 3.05) is 39.3 Å². The molecule has 0 aromatic rings. The first-order chi connectivity index (χ1) is 7.92. The fourth-order valence-electron chi connectivity index (χ4n) is 1.71. The van der Waals surface area contributed by atoms with Crippen molar-refractivity contribution in [3.8, 4) is 0 Å². The van der Waals surface area contributed by atoms with Gasteiger partial charge in [0.1, 0.15) is 0 Å². The summed E-state index contributed by atoms with van der Waals surface area (Å²) in [6.07, 6.45) is -3.13. The molecule has 0 unspecified atom stereocenters. The van der Waals surface area contributed by atoms with Crippen LogP contribution in [-0.2, 0) is 0 Å². The first-order valence-electron chi connectivity index (χ1n) is 5.74. The number of piperazine rings is 1. The number of rotatable bonds is 3. The molecule has 0 aromatic carbocycles. The number of hydrogen-bond acceptors (Lipinski definition) is 2. The van der Waals surface area contributed by atoms with Crippen LogP contribution in [0.25, 0.3) is 0 Å². The minimum absolute atomic E-state index is 0.410. The Morgan fingerprint density at radius 2 is 1.82 bits per heavy atom. The molecule has 3 nitrogen and oxygen atoms in total. The van der Waals surface area contributed by atoms with Crippen LogP contribution in [0.5, 0.6) is 0 Å². The van der Waals surface area contributed by atoms with E-state index in [2.05, 4.69) is 5.32 Å². The second-order valence-electron chi connectivity index (χ2n) is 4.11.